The monoisotopic (exact) mass is 215 g/mol. The van der Waals surface area contributed by atoms with Crippen LogP contribution in [-0.4, -0.2) is 26.5 Å². The highest BCUT2D eigenvalue weighted by Crippen LogP contribution is 2.18. The van der Waals surface area contributed by atoms with Crippen LogP contribution in [0.3, 0.4) is 0 Å². The molecule has 0 radical (unpaired) electrons. The van der Waals surface area contributed by atoms with Gasteiger partial charge in [-0.2, -0.15) is 0 Å². The van der Waals surface area contributed by atoms with Crippen LogP contribution in [0.1, 0.15) is 17.1 Å². The molecule has 0 bridgehead atoms. The Morgan fingerprint density at radius 3 is 3.19 bits per heavy atom. The van der Waals surface area contributed by atoms with Gasteiger partial charge >= 0.3 is 0 Å². The van der Waals surface area contributed by atoms with Crippen LogP contribution >= 0.6 is 0 Å². The van der Waals surface area contributed by atoms with E-state index >= 15 is 0 Å². The topological polar surface area (TPSA) is 57.7 Å². The van der Waals surface area contributed by atoms with Crippen LogP contribution in [0.2, 0.25) is 0 Å². The lowest BCUT2D eigenvalue weighted by Crippen LogP contribution is -2.31. The van der Waals surface area contributed by atoms with Crippen molar-refractivity contribution in [2.45, 2.75) is 19.9 Å². The van der Waals surface area contributed by atoms with Crippen LogP contribution in [0, 0.1) is 6.92 Å². The van der Waals surface area contributed by atoms with E-state index in [4.69, 9.17) is 0 Å². The quantitative estimate of drug-likeness (QED) is 0.773. The van der Waals surface area contributed by atoms with Crippen molar-refractivity contribution in [3.05, 3.63) is 35.7 Å². The van der Waals surface area contributed by atoms with Crippen LogP contribution in [0.25, 0.3) is 0 Å². The second-order valence-corrected chi connectivity index (χ2v) is 4.00. The Kier molecular flexibility index (Phi) is 2.09. The van der Waals surface area contributed by atoms with Gasteiger partial charge in [-0.15, -0.1) is 0 Å². The predicted octanol–water partition coefficient (Wildman–Crippen LogP) is 1.07. The second kappa shape index (κ2) is 3.59. The third kappa shape index (κ3) is 1.54. The molecule has 0 aliphatic carbocycles. The molecule has 3 rings (SSSR count). The number of aromatic amines is 1. The van der Waals surface area contributed by atoms with E-state index in [-0.39, 0.29) is 0 Å². The van der Waals surface area contributed by atoms with E-state index in [1.54, 1.807) is 12.5 Å². The Labute approximate surface area is 93.6 Å². The van der Waals surface area contributed by atoms with E-state index in [9.17, 15) is 0 Å². The van der Waals surface area contributed by atoms with Gasteiger partial charge in [0.05, 0.1) is 24.3 Å². The molecule has 0 fully saturated rings. The molecular formula is C11H13N5. The van der Waals surface area contributed by atoms with Gasteiger partial charge in [-0.1, -0.05) is 0 Å². The standard InChI is InChI=1S/C11H13N5/c1-8-2-4-12-11(15-8)16-5-3-9-10(6-16)14-7-13-9/h2,4,7H,3,5-6H2,1H3,(H,13,14). The first-order chi connectivity index (χ1) is 7.83. The lowest BCUT2D eigenvalue weighted by Gasteiger charge is -2.26. The van der Waals surface area contributed by atoms with Crippen LogP contribution in [0.5, 0.6) is 0 Å². The van der Waals surface area contributed by atoms with E-state index in [2.05, 4.69) is 24.8 Å². The van der Waals surface area contributed by atoms with Crippen molar-refractivity contribution in [2.75, 3.05) is 11.4 Å². The number of hydrogen-bond acceptors (Lipinski definition) is 4. The number of hydrogen-bond donors (Lipinski definition) is 1. The average Bonchev–Trinajstić information content (AvgIpc) is 2.75. The smallest absolute Gasteiger partial charge is 0.225 e. The molecule has 0 saturated heterocycles. The normalized spacial score (nSPS) is 14.9. The number of anilines is 1. The van der Waals surface area contributed by atoms with Gasteiger partial charge in [0.2, 0.25) is 5.95 Å². The first kappa shape index (κ1) is 9.33. The van der Waals surface area contributed by atoms with Gasteiger partial charge in [-0.3, -0.25) is 0 Å². The number of nitrogens with zero attached hydrogens (tertiary/aromatic N) is 4. The summed E-state index contributed by atoms with van der Waals surface area (Å²) in [6.45, 7) is 3.73. The summed E-state index contributed by atoms with van der Waals surface area (Å²) in [6.07, 6.45) is 4.52. The van der Waals surface area contributed by atoms with Gasteiger partial charge < -0.3 is 9.88 Å². The van der Waals surface area contributed by atoms with Gasteiger partial charge in [-0.05, 0) is 13.0 Å². The van der Waals surface area contributed by atoms with Crippen LogP contribution in [0.4, 0.5) is 5.95 Å². The molecule has 1 N–H and O–H groups in total. The largest absolute Gasteiger partial charge is 0.347 e. The molecule has 0 saturated carbocycles. The number of aryl methyl sites for hydroxylation is 1. The molecule has 0 spiro atoms. The third-order valence-electron chi connectivity index (χ3n) is 2.84. The molecule has 0 aromatic carbocycles. The van der Waals surface area contributed by atoms with Gasteiger partial charge in [0.15, 0.2) is 0 Å². The number of H-pyrrole nitrogens is 1. The van der Waals surface area contributed by atoms with Gasteiger partial charge in [0, 0.05) is 24.9 Å². The Bertz CT molecular complexity index is 505. The van der Waals surface area contributed by atoms with E-state index in [1.807, 2.05) is 13.0 Å². The number of aromatic nitrogens is 4. The summed E-state index contributed by atoms with van der Waals surface area (Å²) in [6, 6.07) is 1.91. The molecule has 0 amide bonds. The predicted molar refractivity (Wildman–Crippen MR) is 60.1 cm³/mol. The van der Waals surface area contributed by atoms with E-state index in [1.165, 1.54) is 11.4 Å². The van der Waals surface area contributed by atoms with Crippen molar-refractivity contribution in [3.8, 4) is 0 Å². The van der Waals surface area contributed by atoms with Gasteiger partial charge in [0.25, 0.3) is 0 Å². The summed E-state index contributed by atoms with van der Waals surface area (Å²) < 4.78 is 0. The maximum atomic E-state index is 4.43. The average molecular weight is 215 g/mol. The Morgan fingerprint density at radius 2 is 2.31 bits per heavy atom. The highest BCUT2D eigenvalue weighted by atomic mass is 15.3. The molecule has 0 unspecified atom stereocenters. The van der Waals surface area contributed by atoms with Crippen molar-refractivity contribution in [3.63, 3.8) is 0 Å². The highest BCUT2D eigenvalue weighted by Gasteiger charge is 2.19. The zero-order valence-electron chi connectivity index (χ0n) is 9.14. The molecule has 5 nitrogen and oxygen atoms in total. The third-order valence-corrected chi connectivity index (χ3v) is 2.84. The Morgan fingerprint density at radius 1 is 1.38 bits per heavy atom. The maximum Gasteiger partial charge on any atom is 0.225 e. The summed E-state index contributed by atoms with van der Waals surface area (Å²) in [5, 5.41) is 0. The Balaban J connectivity index is 1.88. The van der Waals surface area contributed by atoms with Gasteiger partial charge in [0.1, 0.15) is 0 Å². The second-order valence-electron chi connectivity index (χ2n) is 4.00. The minimum atomic E-state index is 0.806. The molecule has 1 aliphatic heterocycles. The summed E-state index contributed by atoms with van der Waals surface area (Å²) in [5.74, 6) is 0.806. The zero-order chi connectivity index (χ0) is 11.0. The molecule has 2 aromatic heterocycles. The fraction of sp³-hybridized carbons (Fsp3) is 0.364. The highest BCUT2D eigenvalue weighted by molar-refractivity contribution is 5.35. The Hall–Kier alpha value is -1.91. The summed E-state index contributed by atoms with van der Waals surface area (Å²) in [7, 11) is 0. The molecule has 2 aromatic rings. The number of rotatable bonds is 1. The number of imidazole rings is 1. The van der Waals surface area contributed by atoms with Crippen molar-refractivity contribution in [2.24, 2.45) is 0 Å². The summed E-state index contributed by atoms with van der Waals surface area (Å²) in [4.78, 5) is 18.4. The van der Waals surface area contributed by atoms with Crippen molar-refractivity contribution in [1.82, 2.24) is 19.9 Å². The van der Waals surface area contributed by atoms with Crippen LogP contribution in [-0.2, 0) is 13.0 Å². The van der Waals surface area contributed by atoms with E-state index in [0.717, 1.165) is 31.2 Å². The van der Waals surface area contributed by atoms with Crippen molar-refractivity contribution >= 4 is 5.95 Å². The molecular weight excluding hydrogens is 202 g/mol. The first-order valence-corrected chi connectivity index (χ1v) is 5.38. The maximum absolute atomic E-state index is 4.43. The molecule has 0 atom stereocenters. The molecule has 1 aliphatic rings. The molecule has 82 valence electrons. The minimum absolute atomic E-state index is 0.806. The van der Waals surface area contributed by atoms with Crippen LogP contribution < -0.4 is 4.90 Å². The lowest BCUT2D eigenvalue weighted by atomic mass is 10.1. The van der Waals surface area contributed by atoms with E-state index in [0.29, 0.717) is 0 Å². The molecule has 5 heteroatoms. The fourth-order valence-electron chi connectivity index (χ4n) is 1.97. The van der Waals surface area contributed by atoms with Crippen LogP contribution in [0.15, 0.2) is 18.6 Å². The lowest BCUT2D eigenvalue weighted by molar-refractivity contribution is 0.688. The van der Waals surface area contributed by atoms with Gasteiger partial charge in [-0.25, -0.2) is 15.0 Å². The first-order valence-electron chi connectivity index (χ1n) is 5.38. The SMILES string of the molecule is Cc1ccnc(N2CCc3nc[nH]c3C2)n1. The molecule has 3 heterocycles. The van der Waals surface area contributed by atoms with E-state index < -0.39 is 0 Å². The fourth-order valence-corrected chi connectivity index (χ4v) is 1.97. The van der Waals surface area contributed by atoms with Crippen molar-refractivity contribution in [1.29, 1.82) is 0 Å². The minimum Gasteiger partial charge on any atom is -0.347 e. The summed E-state index contributed by atoms with van der Waals surface area (Å²) >= 11 is 0. The van der Waals surface area contributed by atoms with Crippen molar-refractivity contribution < 1.29 is 0 Å². The summed E-state index contributed by atoms with van der Waals surface area (Å²) in [5.41, 5.74) is 3.35. The number of nitrogens with one attached hydrogen (secondary N) is 1. The zero-order valence-corrected chi connectivity index (χ0v) is 9.14. The number of fused-ring (bicyclic) bond motifs is 1. The molecule has 16 heavy (non-hydrogen) atoms.